The largest absolute Gasteiger partial charge is 0.381 e. The van der Waals surface area contributed by atoms with Gasteiger partial charge in [0.2, 0.25) is 5.91 Å². The van der Waals surface area contributed by atoms with Crippen LogP contribution in [0.5, 0.6) is 0 Å². The minimum atomic E-state index is 0. The number of hydrogen-bond donors (Lipinski definition) is 2. The number of hydrogen-bond acceptors (Lipinski definition) is 3. The Balaban J connectivity index is 0.00000200. The molecule has 4 nitrogen and oxygen atoms in total. The molecule has 0 aromatic heterocycles. The highest BCUT2D eigenvalue weighted by atomic mass is 35.5. The Morgan fingerprint density at radius 3 is 2.55 bits per heavy atom. The second-order valence-electron chi connectivity index (χ2n) is 6.63. The average molecular weight is 305 g/mol. The monoisotopic (exact) mass is 304 g/mol. The van der Waals surface area contributed by atoms with Gasteiger partial charge in [0.05, 0.1) is 6.10 Å². The Morgan fingerprint density at radius 1 is 1.35 bits per heavy atom. The van der Waals surface area contributed by atoms with Crippen LogP contribution < -0.4 is 10.6 Å². The molecule has 2 aliphatic rings. The summed E-state index contributed by atoms with van der Waals surface area (Å²) in [6, 6.07) is 0.276. The van der Waals surface area contributed by atoms with E-state index in [1.165, 1.54) is 12.8 Å². The molecule has 0 aromatic rings. The van der Waals surface area contributed by atoms with Gasteiger partial charge in [-0.1, -0.05) is 13.8 Å². The number of halogens is 1. The third-order valence-corrected chi connectivity index (χ3v) is 5.04. The fourth-order valence-corrected chi connectivity index (χ4v) is 3.30. The Kier molecular flexibility index (Phi) is 6.76. The molecule has 1 heterocycles. The zero-order valence-corrected chi connectivity index (χ0v) is 13.7. The van der Waals surface area contributed by atoms with Crippen molar-refractivity contribution < 1.29 is 9.53 Å². The van der Waals surface area contributed by atoms with Crippen molar-refractivity contribution in [3.63, 3.8) is 0 Å². The first-order valence-electron chi connectivity index (χ1n) is 7.57. The summed E-state index contributed by atoms with van der Waals surface area (Å²) in [4.78, 5) is 12.0. The average Bonchev–Trinajstić information content (AvgIpc) is 2.42. The number of piperidine rings is 1. The molecule has 1 saturated carbocycles. The highest BCUT2D eigenvalue weighted by Gasteiger charge is 2.49. The molecule has 5 heteroatoms. The molecule has 1 aliphatic heterocycles. The molecule has 2 rings (SSSR count). The molecule has 20 heavy (non-hydrogen) atoms. The number of nitrogens with one attached hydrogen (secondary N) is 2. The number of carbonyl (C=O) groups is 1. The minimum absolute atomic E-state index is 0. The molecule has 0 bridgehead atoms. The number of methoxy groups -OCH3 is 1. The van der Waals surface area contributed by atoms with Gasteiger partial charge in [-0.05, 0) is 44.7 Å². The number of rotatable bonds is 5. The van der Waals surface area contributed by atoms with Gasteiger partial charge in [0.25, 0.3) is 0 Å². The Bertz CT molecular complexity index is 317. The summed E-state index contributed by atoms with van der Waals surface area (Å²) in [5, 5.41) is 6.54. The molecule has 2 unspecified atom stereocenters. The van der Waals surface area contributed by atoms with E-state index in [2.05, 4.69) is 24.5 Å². The molecule has 2 atom stereocenters. The lowest BCUT2D eigenvalue weighted by atomic mass is 9.64. The van der Waals surface area contributed by atoms with Crippen molar-refractivity contribution in [3.8, 4) is 0 Å². The zero-order valence-electron chi connectivity index (χ0n) is 12.9. The van der Waals surface area contributed by atoms with Gasteiger partial charge in [-0.25, -0.2) is 0 Å². The van der Waals surface area contributed by atoms with Crippen LogP contribution in [0, 0.1) is 11.3 Å². The van der Waals surface area contributed by atoms with Crippen LogP contribution in [0.4, 0.5) is 0 Å². The predicted molar refractivity (Wildman–Crippen MR) is 83.2 cm³/mol. The van der Waals surface area contributed by atoms with Crippen molar-refractivity contribution in [2.75, 3.05) is 20.2 Å². The summed E-state index contributed by atoms with van der Waals surface area (Å²) in [6.45, 7) is 6.56. The fourth-order valence-electron chi connectivity index (χ4n) is 3.30. The summed E-state index contributed by atoms with van der Waals surface area (Å²) in [5.41, 5.74) is 0.0686. The van der Waals surface area contributed by atoms with Crippen LogP contribution in [0.3, 0.4) is 0 Å². The van der Waals surface area contributed by atoms with Crippen molar-refractivity contribution in [2.45, 2.75) is 58.1 Å². The van der Waals surface area contributed by atoms with Crippen LogP contribution in [-0.4, -0.2) is 38.3 Å². The highest BCUT2D eigenvalue weighted by molar-refractivity contribution is 5.85. The lowest BCUT2D eigenvalue weighted by Crippen LogP contribution is -2.61. The number of carbonyl (C=O) groups excluding carboxylic acids is 1. The van der Waals surface area contributed by atoms with Gasteiger partial charge in [-0.2, -0.15) is 0 Å². The fraction of sp³-hybridized carbons (Fsp3) is 0.933. The van der Waals surface area contributed by atoms with E-state index in [4.69, 9.17) is 4.74 Å². The summed E-state index contributed by atoms with van der Waals surface area (Å²) in [7, 11) is 1.75. The zero-order chi connectivity index (χ0) is 13.9. The number of ether oxygens (including phenoxy) is 1. The molecule has 0 aromatic carbocycles. The Hall–Kier alpha value is -0.320. The SMILES string of the molecule is COC1CC(NC(=O)CCC2CCNCC2)C1(C)C.Cl. The molecular weight excluding hydrogens is 276 g/mol. The smallest absolute Gasteiger partial charge is 0.220 e. The maximum absolute atomic E-state index is 12.0. The van der Waals surface area contributed by atoms with Gasteiger partial charge < -0.3 is 15.4 Å². The van der Waals surface area contributed by atoms with Crippen molar-refractivity contribution >= 4 is 18.3 Å². The molecule has 2 fully saturated rings. The Labute approximate surface area is 128 Å². The Morgan fingerprint density at radius 2 is 2.00 bits per heavy atom. The lowest BCUT2D eigenvalue weighted by molar-refractivity contribution is -0.133. The molecule has 0 radical (unpaired) electrons. The first-order valence-corrected chi connectivity index (χ1v) is 7.57. The van der Waals surface area contributed by atoms with E-state index in [0.29, 0.717) is 6.42 Å². The molecule has 0 spiro atoms. The normalized spacial score (nSPS) is 29.1. The molecule has 1 amide bonds. The molecule has 2 N–H and O–H groups in total. The van der Waals surface area contributed by atoms with Crippen LogP contribution >= 0.6 is 12.4 Å². The van der Waals surface area contributed by atoms with Gasteiger partial charge in [-0.15, -0.1) is 12.4 Å². The van der Waals surface area contributed by atoms with Crippen molar-refractivity contribution in [3.05, 3.63) is 0 Å². The van der Waals surface area contributed by atoms with E-state index in [-0.39, 0.29) is 35.9 Å². The van der Waals surface area contributed by atoms with E-state index in [1.54, 1.807) is 7.11 Å². The molecule has 1 aliphatic carbocycles. The summed E-state index contributed by atoms with van der Waals surface area (Å²) in [5.74, 6) is 0.944. The summed E-state index contributed by atoms with van der Waals surface area (Å²) < 4.78 is 5.41. The molecular formula is C15H29ClN2O2. The van der Waals surface area contributed by atoms with Crippen molar-refractivity contribution in [1.82, 2.24) is 10.6 Å². The molecule has 118 valence electrons. The summed E-state index contributed by atoms with van der Waals surface area (Å²) in [6.07, 6.45) is 5.37. The van der Waals surface area contributed by atoms with Crippen LogP contribution in [0.1, 0.15) is 46.0 Å². The van der Waals surface area contributed by atoms with E-state index in [0.717, 1.165) is 31.8 Å². The maximum Gasteiger partial charge on any atom is 0.220 e. The molecule has 1 saturated heterocycles. The van der Waals surface area contributed by atoms with E-state index in [1.807, 2.05) is 0 Å². The van der Waals surface area contributed by atoms with Gasteiger partial charge in [0.1, 0.15) is 0 Å². The van der Waals surface area contributed by atoms with E-state index < -0.39 is 0 Å². The van der Waals surface area contributed by atoms with Crippen molar-refractivity contribution in [2.24, 2.45) is 11.3 Å². The van der Waals surface area contributed by atoms with Crippen LogP contribution in [0.25, 0.3) is 0 Å². The van der Waals surface area contributed by atoms with Gasteiger partial charge in [0, 0.05) is 25.0 Å². The number of amides is 1. The van der Waals surface area contributed by atoms with E-state index in [9.17, 15) is 4.79 Å². The second-order valence-corrected chi connectivity index (χ2v) is 6.63. The third-order valence-electron chi connectivity index (χ3n) is 5.04. The standard InChI is InChI=1S/C15H28N2O2.ClH/c1-15(2)12(10-13(15)19-3)17-14(18)5-4-11-6-8-16-9-7-11;/h11-13,16H,4-10H2,1-3H3,(H,17,18);1H. The summed E-state index contributed by atoms with van der Waals surface area (Å²) >= 11 is 0. The quantitative estimate of drug-likeness (QED) is 0.818. The van der Waals surface area contributed by atoms with Gasteiger partial charge in [-0.3, -0.25) is 4.79 Å². The first kappa shape index (κ1) is 17.7. The van der Waals surface area contributed by atoms with Crippen LogP contribution in [0.2, 0.25) is 0 Å². The first-order chi connectivity index (χ1) is 9.04. The predicted octanol–water partition coefficient (Wildman–Crippen LogP) is 2.12. The van der Waals surface area contributed by atoms with Crippen molar-refractivity contribution in [1.29, 1.82) is 0 Å². The maximum atomic E-state index is 12.0. The van der Waals surface area contributed by atoms with Crippen LogP contribution in [-0.2, 0) is 9.53 Å². The lowest BCUT2D eigenvalue weighted by Gasteiger charge is -2.51. The minimum Gasteiger partial charge on any atom is -0.381 e. The van der Waals surface area contributed by atoms with E-state index >= 15 is 0 Å². The highest BCUT2D eigenvalue weighted by Crippen LogP contribution is 2.42. The second kappa shape index (κ2) is 7.62. The van der Waals surface area contributed by atoms with Crippen LogP contribution in [0.15, 0.2) is 0 Å². The third kappa shape index (κ3) is 4.09. The van der Waals surface area contributed by atoms with Gasteiger partial charge >= 0.3 is 0 Å². The van der Waals surface area contributed by atoms with Gasteiger partial charge in [0.15, 0.2) is 0 Å². The topological polar surface area (TPSA) is 50.4 Å².